The quantitative estimate of drug-likeness (QED) is 0.898. The van der Waals surface area contributed by atoms with Crippen LogP contribution in [-0.2, 0) is 13.2 Å². The second-order valence-electron chi connectivity index (χ2n) is 4.03. The first-order valence-corrected chi connectivity index (χ1v) is 7.17. The highest BCUT2D eigenvalue weighted by Gasteiger charge is 2.08. The number of hydrogen-bond donors (Lipinski definition) is 1. The van der Waals surface area contributed by atoms with Gasteiger partial charge in [-0.15, -0.1) is 11.3 Å². The van der Waals surface area contributed by atoms with Gasteiger partial charge in [-0.2, -0.15) is 0 Å². The maximum Gasteiger partial charge on any atom is 0.0696 e. The van der Waals surface area contributed by atoms with E-state index in [1.807, 2.05) is 18.2 Å². The molecule has 0 fully saturated rings. The minimum atomic E-state index is -0.0177. The fourth-order valence-electron chi connectivity index (χ4n) is 1.84. The van der Waals surface area contributed by atoms with Crippen LogP contribution in [-0.4, -0.2) is 11.7 Å². The third kappa shape index (κ3) is 3.05. The largest absolute Gasteiger partial charge is 0.392 e. The Kier molecular flexibility index (Phi) is 4.64. The van der Waals surface area contributed by atoms with E-state index < -0.39 is 0 Å². The molecule has 2 nitrogen and oxygen atoms in total. The zero-order chi connectivity index (χ0) is 13.0. The average molecular weight is 282 g/mol. The molecule has 0 unspecified atom stereocenters. The van der Waals surface area contributed by atoms with Crippen molar-refractivity contribution in [3.05, 3.63) is 51.2 Å². The second-order valence-corrected chi connectivity index (χ2v) is 5.47. The smallest absolute Gasteiger partial charge is 0.0696 e. The molecule has 4 heteroatoms. The van der Waals surface area contributed by atoms with Gasteiger partial charge < -0.3 is 10.0 Å². The molecule has 1 heterocycles. The van der Waals surface area contributed by atoms with Crippen LogP contribution in [0.4, 0.5) is 5.69 Å². The average Bonchev–Trinajstić information content (AvgIpc) is 2.88. The molecule has 0 bridgehead atoms. The van der Waals surface area contributed by atoms with Crippen molar-refractivity contribution < 1.29 is 5.11 Å². The van der Waals surface area contributed by atoms with E-state index in [0.29, 0.717) is 5.02 Å². The van der Waals surface area contributed by atoms with Crippen molar-refractivity contribution in [1.29, 1.82) is 0 Å². The van der Waals surface area contributed by atoms with Crippen molar-refractivity contribution in [2.45, 2.75) is 20.1 Å². The predicted octanol–water partition coefficient (Wildman–Crippen LogP) is 3.92. The Morgan fingerprint density at radius 3 is 2.72 bits per heavy atom. The molecule has 0 saturated heterocycles. The zero-order valence-electron chi connectivity index (χ0n) is 10.3. The van der Waals surface area contributed by atoms with Crippen molar-refractivity contribution in [3.8, 4) is 0 Å². The van der Waals surface area contributed by atoms with Crippen molar-refractivity contribution in [1.82, 2.24) is 0 Å². The van der Waals surface area contributed by atoms with Gasteiger partial charge in [0.15, 0.2) is 0 Å². The molecule has 1 aromatic heterocycles. The number of aliphatic hydroxyl groups excluding tert-OH is 1. The van der Waals surface area contributed by atoms with Crippen LogP contribution in [0.2, 0.25) is 5.02 Å². The third-order valence-corrected chi connectivity index (χ3v) is 4.09. The molecule has 0 amide bonds. The fourth-order valence-corrected chi connectivity index (χ4v) is 2.79. The molecule has 18 heavy (non-hydrogen) atoms. The highest BCUT2D eigenvalue weighted by Crippen LogP contribution is 2.25. The maximum absolute atomic E-state index is 9.12. The lowest BCUT2D eigenvalue weighted by molar-refractivity contribution is 0.282. The normalized spacial score (nSPS) is 10.6. The number of aliphatic hydroxyl groups is 1. The lowest BCUT2D eigenvalue weighted by Crippen LogP contribution is -2.21. The maximum atomic E-state index is 9.12. The van der Waals surface area contributed by atoms with E-state index in [1.54, 1.807) is 11.3 Å². The van der Waals surface area contributed by atoms with Gasteiger partial charge >= 0.3 is 0 Å². The molecule has 0 aliphatic carbocycles. The summed E-state index contributed by atoms with van der Waals surface area (Å²) in [6, 6.07) is 10.0. The van der Waals surface area contributed by atoms with E-state index in [9.17, 15) is 0 Å². The molecule has 0 spiro atoms. The van der Waals surface area contributed by atoms with Crippen molar-refractivity contribution >= 4 is 28.6 Å². The van der Waals surface area contributed by atoms with Gasteiger partial charge in [-0.05, 0) is 36.1 Å². The van der Waals surface area contributed by atoms with Crippen LogP contribution in [0.3, 0.4) is 0 Å². The van der Waals surface area contributed by atoms with Gasteiger partial charge in [0, 0.05) is 22.1 Å². The minimum absolute atomic E-state index is 0.0177. The Morgan fingerprint density at radius 2 is 2.17 bits per heavy atom. The number of rotatable bonds is 5. The number of hydrogen-bond acceptors (Lipinski definition) is 3. The van der Waals surface area contributed by atoms with Crippen LogP contribution < -0.4 is 4.90 Å². The van der Waals surface area contributed by atoms with Gasteiger partial charge in [0.05, 0.1) is 13.2 Å². The first-order valence-electron chi connectivity index (χ1n) is 5.91. The van der Waals surface area contributed by atoms with Crippen LogP contribution in [0.15, 0.2) is 35.7 Å². The molecular formula is C14H16ClNOS. The summed E-state index contributed by atoms with van der Waals surface area (Å²) in [5.74, 6) is 0. The Balaban J connectivity index is 2.19. The minimum Gasteiger partial charge on any atom is -0.392 e. The molecule has 0 atom stereocenters. The lowest BCUT2D eigenvalue weighted by Gasteiger charge is -2.23. The van der Waals surface area contributed by atoms with Gasteiger partial charge in [0.2, 0.25) is 0 Å². The van der Waals surface area contributed by atoms with E-state index >= 15 is 0 Å². The summed E-state index contributed by atoms with van der Waals surface area (Å²) in [6.07, 6.45) is 0. The summed E-state index contributed by atoms with van der Waals surface area (Å²) >= 11 is 7.89. The van der Waals surface area contributed by atoms with Gasteiger partial charge in [-0.25, -0.2) is 0 Å². The Morgan fingerprint density at radius 1 is 1.33 bits per heavy atom. The summed E-state index contributed by atoms with van der Waals surface area (Å²) < 4.78 is 0. The first-order chi connectivity index (χ1) is 8.74. The molecular weight excluding hydrogens is 266 g/mol. The van der Waals surface area contributed by atoms with Crippen LogP contribution >= 0.6 is 22.9 Å². The number of halogens is 1. The van der Waals surface area contributed by atoms with E-state index in [4.69, 9.17) is 16.7 Å². The molecule has 0 aliphatic rings. The topological polar surface area (TPSA) is 23.5 Å². The van der Waals surface area contributed by atoms with E-state index in [-0.39, 0.29) is 6.61 Å². The molecule has 0 saturated carbocycles. The van der Waals surface area contributed by atoms with E-state index in [2.05, 4.69) is 29.3 Å². The Labute approximate surface area is 116 Å². The molecule has 1 aromatic carbocycles. The summed E-state index contributed by atoms with van der Waals surface area (Å²) in [6.45, 7) is 3.92. The van der Waals surface area contributed by atoms with Crippen molar-refractivity contribution in [2.75, 3.05) is 11.4 Å². The predicted molar refractivity (Wildman–Crippen MR) is 78.4 cm³/mol. The number of thiophene rings is 1. The molecule has 2 aromatic rings. The van der Waals surface area contributed by atoms with Crippen LogP contribution in [0.5, 0.6) is 0 Å². The van der Waals surface area contributed by atoms with E-state index in [1.165, 1.54) is 4.88 Å². The van der Waals surface area contributed by atoms with Gasteiger partial charge in [0.1, 0.15) is 0 Å². The van der Waals surface area contributed by atoms with Crippen molar-refractivity contribution in [2.24, 2.45) is 0 Å². The first kappa shape index (κ1) is 13.4. The van der Waals surface area contributed by atoms with Gasteiger partial charge in [-0.1, -0.05) is 23.7 Å². The Bertz CT molecular complexity index is 499. The number of benzene rings is 1. The summed E-state index contributed by atoms with van der Waals surface area (Å²) in [5.41, 5.74) is 1.86. The van der Waals surface area contributed by atoms with Crippen LogP contribution in [0.1, 0.15) is 17.4 Å². The fraction of sp³-hybridized carbons (Fsp3) is 0.286. The van der Waals surface area contributed by atoms with Crippen LogP contribution in [0, 0.1) is 0 Å². The SMILES string of the molecule is CCN(Cc1cccs1)c1ccc(CO)c(Cl)c1. The third-order valence-electron chi connectivity index (χ3n) is 2.88. The molecule has 2 rings (SSSR count). The summed E-state index contributed by atoms with van der Waals surface area (Å²) in [4.78, 5) is 3.60. The monoisotopic (exact) mass is 281 g/mol. The molecule has 0 aliphatic heterocycles. The molecule has 96 valence electrons. The van der Waals surface area contributed by atoms with Gasteiger partial charge in [-0.3, -0.25) is 0 Å². The zero-order valence-corrected chi connectivity index (χ0v) is 11.8. The van der Waals surface area contributed by atoms with Crippen LogP contribution in [0.25, 0.3) is 0 Å². The number of nitrogens with zero attached hydrogens (tertiary/aromatic N) is 1. The molecule has 0 radical (unpaired) electrons. The Hall–Kier alpha value is -1.03. The van der Waals surface area contributed by atoms with Crippen molar-refractivity contribution in [3.63, 3.8) is 0 Å². The summed E-state index contributed by atoms with van der Waals surface area (Å²) in [7, 11) is 0. The highest BCUT2D eigenvalue weighted by atomic mass is 35.5. The number of anilines is 1. The highest BCUT2D eigenvalue weighted by molar-refractivity contribution is 7.09. The second kappa shape index (κ2) is 6.23. The van der Waals surface area contributed by atoms with E-state index in [0.717, 1.165) is 24.3 Å². The summed E-state index contributed by atoms with van der Waals surface area (Å²) in [5, 5.41) is 11.8. The van der Waals surface area contributed by atoms with Gasteiger partial charge in [0.25, 0.3) is 0 Å². The lowest BCUT2D eigenvalue weighted by atomic mass is 10.2. The standard InChI is InChI=1S/C14H16ClNOS/c1-2-16(9-13-4-3-7-18-13)12-6-5-11(10-17)14(15)8-12/h3-8,17H,2,9-10H2,1H3. The molecule has 1 N–H and O–H groups in total.